The van der Waals surface area contributed by atoms with Crippen molar-refractivity contribution in [3.8, 4) is 11.1 Å². The first-order valence-electron chi connectivity index (χ1n) is 6.75. The van der Waals surface area contributed by atoms with Gasteiger partial charge < -0.3 is 9.90 Å². The molecule has 0 fully saturated rings. The molecule has 0 aliphatic carbocycles. The van der Waals surface area contributed by atoms with Crippen LogP contribution in [0, 0.1) is 6.92 Å². The van der Waals surface area contributed by atoms with Crippen LogP contribution >= 0.6 is 11.3 Å². The molecule has 0 N–H and O–H groups in total. The summed E-state index contributed by atoms with van der Waals surface area (Å²) in [5.74, 6) is -1.31. The van der Waals surface area contributed by atoms with Gasteiger partial charge in [-0.15, -0.1) is 11.3 Å². The molecule has 0 saturated heterocycles. The number of carboxylic acid groups (broad SMARTS) is 1. The molecule has 1 aromatic carbocycles. The monoisotopic (exact) mass is 313 g/mol. The molecule has 0 amide bonds. The molecule has 2 heterocycles. The molecule has 1 atom stereocenters. The van der Waals surface area contributed by atoms with Crippen molar-refractivity contribution in [1.29, 1.82) is 0 Å². The van der Waals surface area contributed by atoms with Gasteiger partial charge in [-0.3, -0.25) is 9.36 Å². The number of rotatable bonds is 3. The van der Waals surface area contributed by atoms with Crippen LogP contribution in [0.1, 0.15) is 18.5 Å². The third-order valence-corrected chi connectivity index (χ3v) is 4.53. The van der Waals surface area contributed by atoms with Gasteiger partial charge in [-0.2, -0.15) is 0 Å². The Bertz CT molecular complexity index is 909. The van der Waals surface area contributed by atoms with Gasteiger partial charge in [-0.05, 0) is 19.4 Å². The highest BCUT2D eigenvalue weighted by molar-refractivity contribution is 7.17. The zero-order chi connectivity index (χ0) is 15.9. The van der Waals surface area contributed by atoms with E-state index >= 15 is 0 Å². The quantitative estimate of drug-likeness (QED) is 0.738. The Hall–Kier alpha value is -2.47. The topological polar surface area (TPSA) is 75.0 Å². The molecule has 0 bridgehead atoms. The minimum absolute atomic E-state index is 0.362. The zero-order valence-corrected chi connectivity index (χ0v) is 12.9. The number of carboxylic acids is 1. The van der Waals surface area contributed by atoms with Gasteiger partial charge in [-0.25, -0.2) is 4.98 Å². The molecule has 0 spiro atoms. The molecule has 2 aromatic heterocycles. The van der Waals surface area contributed by atoms with E-state index < -0.39 is 12.0 Å². The first-order chi connectivity index (χ1) is 10.5. The van der Waals surface area contributed by atoms with E-state index in [9.17, 15) is 14.7 Å². The lowest BCUT2D eigenvalue weighted by Crippen LogP contribution is -2.36. The van der Waals surface area contributed by atoms with E-state index in [1.165, 1.54) is 24.6 Å². The van der Waals surface area contributed by atoms with Crippen LogP contribution in [0.25, 0.3) is 21.3 Å². The summed E-state index contributed by atoms with van der Waals surface area (Å²) in [7, 11) is 0. The van der Waals surface area contributed by atoms with E-state index in [-0.39, 0.29) is 5.56 Å². The predicted octanol–water partition coefficient (Wildman–Crippen LogP) is 1.74. The van der Waals surface area contributed by atoms with Crippen molar-refractivity contribution >= 4 is 27.5 Å². The van der Waals surface area contributed by atoms with Crippen LogP contribution in [-0.2, 0) is 4.79 Å². The Morgan fingerprint density at radius 2 is 2.00 bits per heavy atom. The Morgan fingerprint density at radius 3 is 2.64 bits per heavy atom. The summed E-state index contributed by atoms with van der Waals surface area (Å²) in [6.07, 6.45) is 1.26. The molecule has 0 aliphatic rings. The van der Waals surface area contributed by atoms with E-state index in [0.717, 1.165) is 21.3 Å². The van der Waals surface area contributed by atoms with Gasteiger partial charge in [0.2, 0.25) is 0 Å². The molecule has 3 aromatic rings. The maximum atomic E-state index is 12.6. The van der Waals surface area contributed by atoms with Gasteiger partial charge >= 0.3 is 0 Å². The third kappa shape index (κ3) is 2.31. The SMILES string of the molecule is Cc1ccc(-c2csc3ncn([C@@H](C)C(=O)[O-])c(=O)c23)cc1. The number of carbonyl (C=O) groups excluding carboxylic acids is 1. The molecule has 112 valence electrons. The number of benzene rings is 1. The summed E-state index contributed by atoms with van der Waals surface area (Å²) >= 11 is 1.37. The zero-order valence-electron chi connectivity index (χ0n) is 12.1. The number of aryl methyl sites for hydroxylation is 1. The summed E-state index contributed by atoms with van der Waals surface area (Å²) in [5.41, 5.74) is 2.45. The van der Waals surface area contributed by atoms with Crippen LogP contribution in [0.3, 0.4) is 0 Å². The first-order valence-corrected chi connectivity index (χ1v) is 7.63. The molecule has 0 aliphatic heterocycles. The summed E-state index contributed by atoms with van der Waals surface area (Å²) in [4.78, 5) is 28.5. The molecular weight excluding hydrogens is 300 g/mol. The summed E-state index contributed by atoms with van der Waals surface area (Å²) in [6, 6.07) is 6.76. The second-order valence-electron chi connectivity index (χ2n) is 5.15. The van der Waals surface area contributed by atoms with Crippen molar-refractivity contribution in [3.05, 3.63) is 51.9 Å². The van der Waals surface area contributed by atoms with E-state index in [2.05, 4.69) is 4.98 Å². The van der Waals surface area contributed by atoms with Gasteiger partial charge in [0, 0.05) is 10.9 Å². The van der Waals surface area contributed by atoms with Crippen LogP contribution in [-0.4, -0.2) is 15.5 Å². The fraction of sp³-hybridized carbons (Fsp3) is 0.188. The summed E-state index contributed by atoms with van der Waals surface area (Å²) < 4.78 is 1.10. The van der Waals surface area contributed by atoms with Crippen molar-refractivity contribution in [2.45, 2.75) is 19.9 Å². The van der Waals surface area contributed by atoms with E-state index in [1.54, 1.807) is 0 Å². The Kier molecular flexibility index (Phi) is 3.54. The Labute approximate surface area is 130 Å². The molecule has 3 rings (SSSR count). The Balaban J connectivity index is 2.25. The van der Waals surface area contributed by atoms with Gasteiger partial charge in [0.1, 0.15) is 4.83 Å². The molecule has 22 heavy (non-hydrogen) atoms. The second-order valence-corrected chi connectivity index (χ2v) is 6.01. The number of nitrogens with zero attached hydrogens (tertiary/aromatic N) is 2. The smallest absolute Gasteiger partial charge is 0.263 e. The average Bonchev–Trinajstić information content (AvgIpc) is 2.92. The van der Waals surface area contributed by atoms with E-state index in [0.29, 0.717) is 10.2 Å². The highest BCUT2D eigenvalue weighted by Crippen LogP contribution is 2.30. The largest absolute Gasteiger partial charge is 0.548 e. The van der Waals surface area contributed by atoms with Crippen LogP contribution < -0.4 is 10.7 Å². The molecule has 5 nitrogen and oxygen atoms in total. The predicted molar refractivity (Wildman–Crippen MR) is 83.8 cm³/mol. The molecule has 6 heteroatoms. The number of hydrogen-bond acceptors (Lipinski definition) is 5. The summed E-state index contributed by atoms with van der Waals surface area (Å²) in [6.45, 7) is 3.40. The van der Waals surface area contributed by atoms with Gasteiger partial charge in [0.05, 0.1) is 23.7 Å². The Morgan fingerprint density at radius 1 is 1.32 bits per heavy atom. The van der Waals surface area contributed by atoms with Crippen molar-refractivity contribution in [2.24, 2.45) is 0 Å². The van der Waals surface area contributed by atoms with Crippen molar-refractivity contribution in [1.82, 2.24) is 9.55 Å². The van der Waals surface area contributed by atoms with Gasteiger partial charge in [-0.1, -0.05) is 29.8 Å². The van der Waals surface area contributed by atoms with Gasteiger partial charge in [0.25, 0.3) is 5.56 Å². The lowest BCUT2D eigenvalue weighted by atomic mass is 10.1. The van der Waals surface area contributed by atoms with Gasteiger partial charge in [0.15, 0.2) is 0 Å². The van der Waals surface area contributed by atoms with Crippen LogP contribution in [0.2, 0.25) is 0 Å². The number of hydrogen-bond donors (Lipinski definition) is 0. The highest BCUT2D eigenvalue weighted by atomic mass is 32.1. The standard InChI is InChI=1S/C16H14N2O3S/c1-9-3-5-11(6-4-9)12-7-22-14-13(12)15(19)18(8-17-14)10(2)16(20)21/h3-8,10H,1-2H3,(H,20,21)/p-1/t10-/m0/s1. The summed E-state index contributed by atoms with van der Waals surface area (Å²) in [5, 5.41) is 13.3. The number of fused-ring (bicyclic) bond motifs is 1. The first kappa shape index (κ1) is 14.5. The normalized spacial score (nSPS) is 12.5. The molecular formula is C16H13N2O3S-. The lowest BCUT2D eigenvalue weighted by Gasteiger charge is -2.15. The molecule has 0 saturated carbocycles. The van der Waals surface area contributed by atoms with Crippen molar-refractivity contribution < 1.29 is 9.90 Å². The number of aromatic nitrogens is 2. The average molecular weight is 313 g/mol. The number of aliphatic carboxylic acids is 1. The van der Waals surface area contributed by atoms with Crippen LogP contribution in [0.15, 0.2) is 40.8 Å². The lowest BCUT2D eigenvalue weighted by molar-refractivity contribution is -0.309. The van der Waals surface area contributed by atoms with E-state index in [4.69, 9.17) is 0 Å². The number of thiophene rings is 1. The molecule has 0 radical (unpaired) electrons. The minimum Gasteiger partial charge on any atom is -0.548 e. The maximum absolute atomic E-state index is 12.6. The maximum Gasteiger partial charge on any atom is 0.263 e. The third-order valence-electron chi connectivity index (χ3n) is 3.64. The highest BCUT2D eigenvalue weighted by Gasteiger charge is 2.16. The van der Waals surface area contributed by atoms with Crippen molar-refractivity contribution in [2.75, 3.05) is 0 Å². The molecule has 0 unspecified atom stereocenters. The fourth-order valence-corrected chi connectivity index (χ4v) is 3.19. The van der Waals surface area contributed by atoms with Crippen LogP contribution in [0.5, 0.6) is 0 Å². The fourth-order valence-electron chi connectivity index (χ4n) is 2.28. The minimum atomic E-state index is -1.31. The van der Waals surface area contributed by atoms with Crippen LogP contribution in [0.4, 0.5) is 0 Å². The number of carbonyl (C=O) groups is 1. The van der Waals surface area contributed by atoms with E-state index in [1.807, 2.05) is 36.6 Å². The second kappa shape index (κ2) is 5.38. The van der Waals surface area contributed by atoms with Crippen molar-refractivity contribution in [3.63, 3.8) is 0 Å².